The number of hydrogen-bond donors (Lipinski definition) is 2. The molecule has 2 rings (SSSR count). The van der Waals surface area contributed by atoms with Crippen LogP contribution < -0.4 is 10.6 Å². The number of nitrogens with zero attached hydrogens (tertiary/aromatic N) is 3. The van der Waals surface area contributed by atoms with Gasteiger partial charge >= 0.3 is 0 Å². The van der Waals surface area contributed by atoms with Crippen molar-refractivity contribution in [2.45, 2.75) is 39.0 Å². The largest absolute Gasteiger partial charge is 0.357 e. The zero-order valence-electron chi connectivity index (χ0n) is 16.6. The summed E-state index contributed by atoms with van der Waals surface area (Å²) in [6.07, 6.45) is 5.93. The fraction of sp³-hybridized carbons (Fsp3) is 0.500. The standard InChI is InChI=1S/C20H30FN5.HI/c1-5-22-19(23-11-7-8-16-13-25-26(4)14-16)24-15-20(2,3)17-9-6-10-18(21)12-17;/h6,9-10,12-14H,5,7-8,11,15H2,1-4H3,(H2,22,23,24);1H. The zero-order chi connectivity index (χ0) is 19.0. The quantitative estimate of drug-likeness (QED) is 0.259. The third-order valence-corrected chi connectivity index (χ3v) is 4.28. The first-order valence-corrected chi connectivity index (χ1v) is 9.16. The summed E-state index contributed by atoms with van der Waals surface area (Å²) < 4.78 is 15.3. The topological polar surface area (TPSA) is 54.2 Å². The molecule has 0 saturated heterocycles. The molecule has 7 heteroatoms. The van der Waals surface area contributed by atoms with Gasteiger partial charge in [-0.3, -0.25) is 9.67 Å². The Morgan fingerprint density at radius 2 is 2.07 bits per heavy atom. The van der Waals surface area contributed by atoms with Gasteiger partial charge in [-0.1, -0.05) is 26.0 Å². The zero-order valence-corrected chi connectivity index (χ0v) is 19.0. The van der Waals surface area contributed by atoms with Crippen LogP contribution in [0.25, 0.3) is 0 Å². The first kappa shape index (κ1) is 23.4. The molecule has 5 nitrogen and oxygen atoms in total. The smallest absolute Gasteiger partial charge is 0.191 e. The lowest BCUT2D eigenvalue weighted by molar-refractivity contribution is 0.529. The molecule has 2 N–H and O–H groups in total. The second-order valence-electron chi connectivity index (χ2n) is 7.14. The Balaban J connectivity index is 0.00000364. The highest BCUT2D eigenvalue weighted by Gasteiger charge is 2.21. The summed E-state index contributed by atoms with van der Waals surface area (Å²) in [7, 11) is 1.93. The van der Waals surface area contributed by atoms with E-state index in [9.17, 15) is 4.39 Å². The molecule has 1 aromatic heterocycles. The monoisotopic (exact) mass is 487 g/mol. The lowest BCUT2D eigenvalue weighted by atomic mass is 9.85. The average molecular weight is 487 g/mol. The van der Waals surface area contributed by atoms with E-state index in [4.69, 9.17) is 4.99 Å². The SMILES string of the molecule is CCNC(=NCC(C)(C)c1cccc(F)c1)NCCCc1cnn(C)c1.I. The van der Waals surface area contributed by atoms with Gasteiger partial charge in [0.25, 0.3) is 0 Å². The summed E-state index contributed by atoms with van der Waals surface area (Å²) in [5.74, 6) is 0.586. The number of halogens is 2. The molecule has 0 fully saturated rings. The van der Waals surface area contributed by atoms with E-state index in [0.717, 1.165) is 37.5 Å². The Kier molecular flexibility index (Phi) is 9.76. The van der Waals surface area contributed by atoms with E-state index in [2.05, 4.69) is 29.6 Å². The molecular weight excluding hydrogens is 456 g/mol. The van der Waals surface area contributed by atoms with Crippen molar-refractivity contribution in [1.82, 2.24) is 20.4 Å². The molecule has 2 aromatic rings. The summed E-state index contributed by atoms with van der Waals surface area (Å²) >= 11 is 0. The molecule has 1 heterocycles. The average Bonchev–Trinajstić information content (AvgIpc) is 3.02. The molecule has 0 amide bonds. The normalized spacial score (nSPS) is 11.8. The van der Waals surface area contributed by atoms with Crippen molar-refractivity contribution in [3.63, 3.8) is 0 Å². The minimum absolute atomic E-state index is 0. The number of aryl methyl sites for hydroxylation is 2. The molecule has 0 spiro atoms. The Morgan fingerprint density at radius 1 is 1.30 bits per heavy atom. The summed E-state index contributed by atoms with van der Waals surface area (Å²) in [6.45, 7) is 8.42. The number of hydrogen-bond acceptors (Lipinski definition) is 2. The molecule has 0 atom stereocenters. The van der Waals surface area contributed by atoms with Crippen LogP contribution in [0.2, 0.25) is 0 Å². The van der Waals surface area contributed by atoms with E-state index in [1.54, 1.807) is 12.1 Å². The Labute approximate surface area is 178 Å². The maximum atomic E-state index is 13.5. The van der Waals surface area contributed by atoms with Gasteiger partial charge in [0.1, 0.15) is 5.82 Å². The van der Waals surface area contributed by atoms with Gasteiger partial charge in [0.2, 0.25) is 0 Å². The highest BCUT2D eigenvalue weighted by molar-refractivity contribution is 14.0. The van der Waals surface area contributed by atoms with Gasteiger partial charge < -0.3 is 10.6 Å². The van der Waals surface area contributed by atoms with E-state index < -0.39 is 0 Å². The molecule has 0 unspecified atom stereocenters. The predicted molar refractivity (Wildman–Crippen MR) is 120 cm³/mol. The third-order valence-electron chi connectivity index (χ3n) is 4.28. The summed E-state index contributed by atoms with van der Waals surface area (Å²) in [5, 5.41) is 10.8. The van der Waals surface area contributed by atoms with Crippen LogP contribution in [0.15, 0.2) is 41.7 Å². The number of aromatic nitrogens is 2. The first-order chi connectivity index (χ1) is 12.4. The minimum Gasteiger partial charge on any atom is -0.357 e. The van der Waals surface area contributed by atoms with Crippen LogP contribution in [0.3, 0.4) is 0 Å². The van der Waals surface area contributed by atoms with E-state index in [0.29, 0.717) is 6.54 Å². The van der Waals surface area contributed by atoms with Gasteiger partial charge in [0, 0.05) is 31.7 Å². The molecule has 0 aliphatic carbocycles. The lowest BCUT2D eigenvalue weighted by Gasteiger charge is -2.24. The van der Waals surface area contributed by atoms with Gasteiger partial charge in [-0.15, -0.1) is 24.0 Å². The third kappa shape index (κ3) is 7.86. The van der Waals surface area contributed by atoms with Crippen molar-refractivity contribution in [3.05, 3.63) is 53.6 Å². The second kappa shape index (κ2) is 11.3. The van der Waals surface area contributed by atoms with Gasteiger partial charge in [0.05, 0.1) is 12.7 Å². The van der Waals surface area contributed by atoms with Crippen LogP contribution in [0.5, 0.6) is 0 Å². The molecule has 150 valence electrons. The van der Waals surface area contributed by atoms with Crippen molar-refractivity contribution >= 4 is 29.9 Å². The number of guanidine groups is 1. The first-order valence-electron chi connectivity index (χ1n) is 9.16. The van der Waals surface area contributed by atoms with Crippen LogP contribution >= 0.6 is 24.0 Å². The Hall–Kier alpha value is -1.64. The van der Waals surface area contributed by atoms with Gasteiger partial charge in [-0.05, 0) is 43.0 Å². The van der Waals surface area contributed by atoms with Crippen molar-refractivity contribution < 1.29 is 4.39 Å². The Bertz CT molecular complexity index is 727. The van der Waals surface area contributed by atoms with Crippen molar-refractivity contribution in [3.8, 4) is 0 Å². The Morgan fingerprint density at radius 3 is 2.70 bits per heavy atom. The molecule has 27 heavy (non-hydrogen) atoms. The molecule has 0 aliphatic heterocycles. The van der Waals surface area contributed by atoms with Crippen molar-refractivity contribution in [2.24, 2.45) is 12.0 Å². The number of rotatable bonds is 8. The summed E-state index contributed by atoms with van der Waals surface area (Å²) in [4.78, 5) is 4.70. The summed E-state index contributed by atoms with van der Waals surface area (Å²) in [5.41, 5.74) is 1.96. The van der Waals surface area contributed by atoms with Gasteiger partial charge in [-0.25, -0.2) is 4.39 Å². The van der Waals surface area contributed by atoms with E-state index in [1.165, 1.54) is 11.6 Å². The van der Waals surface area contributed by atoms with E-state index >= 15 is 0 Å². The van der Waals surface area contributed by atoms with Crippen LogP contribution in [0.4, 0.5) is 4.39 Å². The fourth-order valence-electron chi connectivity index (χ4n) is 2.72. The van der Waals surface area contributed by atoms with Crippen LogP contribution in [0, 0.1) is 5.82 Å². The van der Waals surface area contributed by atoms with Crippen LogP contribution in [-0.4, -0.2) is 35.4 Å². The fourth-order valence-corrected chi connectivity index (χ4v) is 2.72. The molecule has 0 radical (unpaired) electrons. The maximum Gasteiger partial charge on any atom is 0.191 e. The summed E-state index contributed by atoms with van der Waals surface area (Å²) in [6, 6.07) is 6.76. The van der Waals surface area contributed by atoms with Gasteiger partial charge in [-0.2, -0.15) is 5.10 Å². The number of benzene rings is 1. The predicted octanol–water partition coefficient (Wildman–Crippen LogP) is 3.64. The highest BCUT2D eigenvalue weighted by atomic mass is 127. The molecule has 0 aliphatic rings. The van der Waals surface area contributed by atoms with E-state index in [-0.39, 0.29) is 35.2 Å². The lowest BCUT2D eigenvalue weighted by Crippen LogP contribution is -2.39. The van der Waals surface area contributed by atoms with Crippen molar-refractivity contribution in [1.29, 1.82) is 0 Å². The van der Waals surface area contributed by atoms with E-state index in [1.807, 2.05) is 37.1 Å². The van der Waals surface area contributed by atoms with Crippen LogP contribution in [0.1, 0.15) is 38.3 Å². The molecular formula is C20H31FIN5. The number of nitrogens with one attached hydrogen (secondary N) is 2. The molecule has 0 bridgehead atoms. The van der Waals surface area contributed by atoms with Gasteiger partial charge in [0.15, 0.2) is 5.96 Å². The van der Waals surface area contributed by atoms with Crippen molar-refractivity contribution in [2.75, 3.05) is 19.6 Å². The minimum atomic E-state index is -0.236. The number of aliphatic imine (C=N–C) groups is 1. The second-order valence-corrected chi connectivity index (χ2v) is 7.14. The van der Waals surface area contributed by atoms with Crippen LogP contribution in [-0.2, 0) is 18.9 Å². The molecule has 1 aromatic carbocycles. The molecule has 0 saturated carbocycles. The highest BCUT2D eigenvalue weighted by Crippen LogP contribution is 2.24. The maximum absolute atomic E-state index is 13.5.